The summed E-state index contributed by atoms with van der Waals surface area (Å²) in [6, 6.07) is 12.0. The summed E-state index contributed by atoms with van der Waals surface area (Å²) in [6.45, 7) is 8.08. The minimum atomic E-state index is -3.55. The molecular weight excluding hydrogens is 457 g/mol. The number of carbonyl (C=O) groups excluding carboxylic acids is 1. The van der Waals surface area contributed by atoms with Gasteiger partial charge in [0, 0.05) is 31.9 Å². The molecule has 0 atom stereocenters. The van der Waals surface area contributed by atoms with Crippen molar-refractivity contribution in [1.82, 2.24) is 9.21 Å². The molecule has 0 unspecified atom stereocenters. The third-order valence-corrected chi connectivity index (χ3v) is 7.91. The molecule has 3 rings (SSSR count). The number of nitrogens with one attached hydrogen (secondary N) is 1. The second-order valence-corrected chi connectivity index (χ2v) is 11.4. The molecule has 1 amide bonds. The molecule has 0 aromatic heterocycles. The lowest BCUT2D eigenvalue weighted by Gasteiger charge is -2.33. The van der Waals surface area contributed by atoms with Crippen LogP contribution in [-0.2, 0) is 20.2 Å². The molecule has 1 aliphatic heterocycles. The molecule has 0 bridgehead atoms. The van der Waals surface area contributed by atoms with E-state index in [-0.39, 0.29) is 17.9 Å². The van der Waals surface area contributed by atoms with Gasteiger partial charge in [0.1, 0.15) is 0 Å². The van der Waals surface area contributed by atoms with E-state index in [1.54, 1.807) is 30.3 Å². The van der Waals surface area contributed by atoms with Crippen LogP contribution in [0.25, 0.3) is 0 Å². The number of hydrogen-bond acceptors (Lipinski definition) is 4. The lowest BCUT2D eigenvalue weighted by molar-refractivity contribution is -0.117. The Bertz CT molecular complexity index is 1040. The van der Waals surface area contributed by atoms with Crippen molar-refractivity contribution < 1.29 is 13.2 Å². The number of piperazine rings is 1. The SMILES string of the molecule is CC(C)(C)c1ccc(S(=O)(=O)N2CCN(CC(=O)Nc3ccc(Cl)c(Cl)c3)CC2)cc1. The molecule has 6 nitrogen and oxygen atoms in total. The van der Waals surface area contributed by atoms with Gasteiger partial charge in [0.2, 0.25) is 15.9 Å². The first kappa shape index (κ1) is 24.0. The van der Waals surface area contributed by atoms with Crippen molar-refractivity contribution in [3.05, 3.63) is 58.1 Å². The average molecular weight is 484 g/mol. The zero-order valence-electron chi connectivity index (χ0n) is 17.9. The van der Waals surface area contributed by atoms with Gasteiger partial charge < -0.3 is 5.32 Å². The summed E-state index contributed by atoms with van der Waals surface area (Å²) in [5.74, 6) is -0.188. The van der Waals surface area contributed by atoms with Gasteiger partial charge in [0.05, 0.1) is 21.5 Å². The smallest absolute Gasteiger partial charge is 0.243 e. The van der Waals surface area contributed by atoms with Crippen LogP contribution in [0.5, 0.6) is 0 Å². The van der Waals surface area contributed by atoms with Gasteiger partial charge in [-0.3, -0.25) is 9.69 Å². The van der Waals surface area contributed by atoms with E-state index in [1.165, 1.54) is 4.31 Å². The highest BCUT2D eigenvalue weighted by Gasteiger charge is 2.29. The Labute approximate surface area is 194 Å². The molecule has 2 aromatic carbocycles. The molecule has 0 radical (unpaired) electrons. The maximum atomic E-state index is 13.0. The van der Waals surface area contributed by atoms with Crippen LogP contribution in [0.2, 0.25) is 10.0 Å². The van der Waals surface area contributed by atoms with Crippen LogP contribution in [-0.4, -0.2) is 56.3 Å². The number of amides is 1. The van der Waals surface area contributed by atoms with Gasteiger partial charge in [-0.1, -0.05) is 56.1 Å². The van der Waals surface area contributed by atoms with Gasteiger partial charge in [-0.25, -0.2) is 8.42 Å². The van der Waals surface area contributed by atoms with Crippen LogP contribution in [0.4, 0.5) is 5.69 Å². The molecule has 0 spiro atoms. The first-order valence-corrected chi connectivity index (χ1v) is 12.2. The quantitative estimate of drug-likeness (QED) is 0.690. The number of sulfonamides is 1. The third-order valence-electron chi connectivity index (χ3n) is 5.26. The summed E-state index contributed by atoms with van der Waals surface area (Å²) < 4.78 is 27.4. The van der Waals surface area contributed by atoms with Crippen LogP contribution >= 0.6 is 23.2 Å². The van der Waals surface area contributed by atoms with Gasteiger partial charge in [-0.05, 0) is 41.3 Å². The van der Waals surface area contributed by atoms with Crippen LogP contribution in [0.15, 0.2) is 47.4 Å². The molecule has 0 saturated carbocycles. The largest absolute Gasteiger partial charge is 0.325 e. The zero-order valence-corrected chi connectivity index (χ0v) is 20.2. The highest BCUT2D eigenvalue weighted by Crippen LogP contribution is 2.26. The second-order valence-electron chi connectivity index (χ2n) is 8.63. The van der Waals surface area contributed by atoms with Crippen molar-refractivity contribution in [3.8, 4) is 0 Å². The fraction of sp³-hybridized carbons (Fsp3) is 0.409. The first-order valence-electron chi connectivity index (χ1n) is 10.0. The monoisotopic (exact) mass is 483 g/mol. The Morgan fingerprint density at radius 1 is 0.968 bits per heavy atom. The van der Waals surface area contributed by atoms with Gasteiger partial charge in [-0.15, -0.1) is 0 Å². The van der Waals surface area contributed by atoms with E-state index >= 15 is 0 Å². The van der Waals surface area contributed by atoms with E-state index < -0.39 is 10.0 Å². The molecule has 9 heteroatoms. The normalized spacial score (nSPS) is 16.3. The summed E-state index contributed by atoms with van der Waals surface area (Å²) in [5.41, 5.74) is 1.62. The molecule has 0 aliphatic carbocycles. The highest BCUT2D eigenvalue weighted by atomic mass is 35.5. The average Bonchev–Trinajstić information content (AvgIpc) is 2.70. The fourth-order valence-electron chi connectivity index (χ4n) is 3.38. The van der Waals surface area contributed by atoms with E-state index in [2.05, 4.69) is 26.1 Å². The lowest BCUT2D eigenvalue weighted by Crippen LogP contribution is -2.50. The minimum Gasteiger partial charge on any atom is -0.325 e. The van der Waals surface area contributed by atoms with Crippen molar-refractivity contribution in [1.29, 1.82) is 0 Å². The molecule has 31 heavy (non-hydrogen) atoms. The van der Waals surface area contributed by atoms with Crippen molar-refractivity contribution in [3.63, 3.8) is 0 Å². The standard InChI is InChI=1S/C22H27Cl2N3O3S/c1-22(2,3)16-4-7-18(8-5-16)31(29,30)27-12-10-26(11-13-27)15-21(28)25-17-6-9-19(23)20(24)14-17/h4-9,14H,10-13,15H2,1-3H3,(H,25,28). The number of hydrogen-bond donors (Lipinski definition) is 1. The summed E-state index contributed by atoms with van der Waals surface area (Å²) >= 11 is 11.9. The number of anilines is 1. The summed E-state index contributed by atoms with van der Waals surface area (Å²) in [5, 5.41) is 3.58. The Balaban J connectivity index is 1.55. The summed E-state index contributed by atoms with van der Waals surface area (Å²) in [6.07, 6.45) is 0. The van der Waals surface area contributed by atoms with Crippen LogP contribution < -0.4 is 5.32 Å². The van der Waals surface area contributed by atoms with E-state index in [9.17, 15) is 13.2 Å². The van der Waals surface area contributed by atoms with E-state index in [0.717, 1.165) is 5.56 Å². The van der Waals surface area contributed by atoms with Crippen molar-refractivity contribution in [2.45, 2.75) is 31.1 Å². The molecule has 2 aromatic rings. The Kier molecular flexibility index (Phi) is 7.33. The topological polar surface area (TPSA) is 69.7 Å². The number of nitrogens with zero attached hydrogens (tertiary/aromatic N) is 2. The Hall–Kier alpha value is -1.64. The van der Waals surface area contributed by atoms with Gasteiger partial charge in [0.25, 0.3) is 0 Å². The number of halogens is 2. The predicted octanol–water partition coefficient (Wildman–Crippen LogP) is 4.24. The lowest BCUT2D eigenvalue weighted by atomic mass is 9.87. The Morgan fingerprint density at radius 2 is 1.58 bits per heavy atom. The van der Waals surface area contributed by atoms with Crippen LogP contribution in [0.3, 0.4) is 0 Å². The van der Waals surface area contributed by atoms with E-state index in [4.69, 9.17) is 23.2 Å². The predicted molar refractivity (Wildman–Crippen MR) is 125 cm³/mol. The number of carbonyl (C=O) groups is 1. The van der Waals surface area contributed by atoms with Crippen molar-refractivity contribution in [2.24, 2.45) is 0 Å². The van der Waals surface area contributed by atoms with Gasteiger partial charge in [0.15, 0.2) is 0 Å². The molecule has 168 valence electrons. The third kappa shape index (κ3) is 5.99. The zero-order chi connectivity index (χ0) is 22.8. The molecule has 1 aliphatic rings. The maximum Gasteiger partial charge on any atom is 0.243 e. The van der Waals surface area contributed by atoms with Gasteiger partial charge >= 0.3 is 0 Å². The summed E-state index contributed by atoms with van der Waals surface area (Å²) in [7, 11) is -3.55. The van der Waals surface area contributed by atoms with Crippen molar-refractivity contribution in [2.75, 3.05) is 38.0 Å². The van der Waals surface area contributed by atoms with E-state index in [0.29, 0.717) is 46.8 Å². The molecule has 1 N–H and O–H groups in total. The van der Waals surface area contributed by atoms with Crippen LogP contribution in [0, 0.1) is 0 Å². The van der Waals surface area contributed by atoms with Crippen molar-refractivity contribution >= 4 is 44.8 Å². The number of rotatable bonds is 5. The molecule has 1 heterocycles. The second kappa shape index (κ2) is 9.46. The fourth-order valence-corrected chi connectivity index (χ4v) is 5.10. The molecule has 1 saturated heterocycles. The highest BCUT2D eigenvalue weighted by molar-refractivity contribution is 7.89. The van der Waals surface area contributed by atoms with Gasteiger partial charge in [-0.2, -0.15) is 4.31 Å². The molecular formula is C22H27Cl2N3O3S. The number of benzene rings is 2. The van der Waals surface area contributed by atoms with E-state index in [1.807, 2.05) is 17.0 Å². The van der Waals surface area contributed by atoms with Crippen LogP contribution in [0.1, 0.15) is 26.3 Å². The first-order chi connectivity index (χ1) is 14.5. The maximum absolute atomic E-state index is 13.0. The Morgan fingerprint density at radius 3 is 2.13 bits per heavy atom. The summed E-state index contributed by atoms with van der Waals surface area (Å²) in [4.78, 5) is 14.6. The minimum absolute atomic E-state index is 0.0359. The molecule has 1 fully saturated rings.